The molecule has 1 rings (SSSR count). The van der Waals surface area contributed by atoms with E-state index in [4.69, 9.17) is 5.26 Å². The minimum Gasteiger partial charge on any atom is -0.465 e. The van der Waals surface area contributed by atoms with Crippen molar-refractivity contribution in [1.82, 2.24) is 4.98 Å². The van der Waals surface area contributed by atoms with Crippen molar-refractivity contribution in [2.24, 2.45) is 0 Å². The van der Waals surface area contributed by atoms with Crippen LogP contribution in [0.2, 0.25) is 0 Å². The first-order valence-corrected chi connectivity index (χ1v) is 4.29. The lowest BCUT2D eigenvalue weighted by atomic mass is 10.0. The van der Waals surface area contributed by atoms with Gasteiger partial charge in [-0.3, -0.25) is 0 Å². The molecule has 0 unspecified atom stereocenters. The second-order valence-electron chi connectivity index (χ2n) is 2.97. The highest BCUT2D eigenvalue weighted by molar-refractivity contribution is 5.93. The molecule has 0 atom stereocenters. The molecule has 1 aromatic heterocycles. The average molecular weight is 226 g/mol. The van der Waals surface area contributed by atoms with Gasteiger partial charge in [0.05, 0.1) is 12.7 Å². The monoisotopic (exact) mass is 226 g/mol. The summed E-state index contributed by atoms with van der Waals surface area (Å²) >= 11 is 0. The van der Waals surface area contributed by atoms with Gasteiger partial charge in [-0.05, 0) is 12.5 Å². The molecule has 0 bridgehead atoms. The molecular weight excluding hydrogens is 218 g/mol. The zero-order chi connectivity index (χ0) is 12.3. The van der Waals surface area contributed by atoms with E-state index in [9.17, 15) is 13.6 Å². The SMILES string of the molecule is COC(=O)c1c(C#N)ncc(C(F)F)c1C. The number of hydrogen-bond acceptors (Lipinski definition) is 4. The van der Waals surface area contributed by atoms with E-state index in [-0.39, 0.29) is 22.4 Å². The normalized spacial score (nSPS) is 10.0. The topological polar surface area (TPSA) is 63.0 Å². The lowest BCUT2D eigenvalue weighted by Gasteiger charge is -2.09. The number of pyridine rings is 1. The highest BCUT2D eigenvalue weighted by atomic mass is 19.3. The molecule has 1 aromatic rings. The maximum Gasteiger partial charge on any atom is 0.341 e. The van der Waals surface area contributed by atoms with Crippen molar-refractivity contribution < 1.29 is 18.3 Å². The van der Waals surface area contributed by atoms with Crippen LogP contribution in [0.15, 0.2) is 6.20 Å². The van der Waals surface area contributed by atoms with Gasteiger partial charge in [0.15, 0.2) is 5.69 Å². The third-order valence-corrected chi connectivity index (χ3v) is 2.11. The Morgan fingerprint density at radius 3 is 2.69 bits per heavy atom. The van der Waals surface area contributed by atoms with Crippen LogP contribution in [0, 0.1) is 18.3 Å². The van der Waals surface area contributed by atoms with Crippen LogP contribution in [0.25, 0.3) is 0 Å². The van der Waals surface area contributed by atoms with Gasteiger partial charge in [0.1, 0.15) is 6.07 Å². The van der Waals surface area contributed by atoms with Gasteiger partial charge in [-0.25, -0.2) is 18.6 Å². The van der Waals surface area contributed by atoms with Crippen LogP contribution >= 0.6 is 0 Å². The van der Waals surface area contributed by atoms with Crippen molar-refractivity contribution >= 4 is 5.97 Å². The molecule has 0 amide bonds. The van der Waals surface area contributed by atoms with E-state index in [0.29, 0.717) is 0 Å². The Morgan fingerprint density at radius 1 is 1.62 bits per heavy atom. The van der Waals surface area contributed by atoms with E-state index in [1.807, 2.05) is 0 Å². The lowest BCUT2D eigenvalue weighted by Crippen LogP contribution is -2.10. The second kappa shape index (κ2) is 4.66. The van der Waals surface area contributed by atoms with E-state index in [2.05, 4.69) is 9.72 Å². The van der Waals surface area contributed by atoms with Crippen molar-refractivity contribution in [2.45, 2.75) is 13.3 Å². The molecule has 84 valence electrons. The Bertz CT molecular complexity index is 467. The summed E-state index contributed by atoms with van der Waals surface area (Å²) < 4.78 is 29.5. The molecular formula is C10H8F2N2O2. The zero-order valence-electron chi connectivity index (χ0n) is 8.62. The number of nitriles is 1. The summed E-state index contributed by atoms with van der Waals surface area (Å²) in [4.78, 5) is 14.8. The molecule has 0 spiro atoms. The van der Waals surface area contributed by atoms with Gasteiger partial charge in [-0.1, -0.05) is 0 Å². The van der Waals surface area contributed by atoms with Crippen LogP contribution < -0.4 is 0 Å². The standard InChI is InChI=1S/C10H8F2N2O2/c1-5-6(9(11)12)4-14-7(3-13)8(5)10(15)16-2/h4,9H,1-2H3. The van der Waals surface area contributed by atoms with Crippen LogP contribution in [0.4, 0.5) is 8.78 Å². The number of nitrogens with zero attached hydrogens (tertiary/aromatic N) is 2. The number of aromatic nitrogens is 1. The van der Waals surface area contributed by atoms with Gasteiger partial charge < -0.3 is 4.74 Å². The molecule has 0 aromatic carbocycles. The third kappa shape index (κ3) is 1.98. The number of hydrogen-bond donors (Lipinski definition) is 0. The number of ether oxygens (including phenoxy) is 1. The number of carbonyl (C=O) groups is 1. The summed E-state index contributed by atoms with van der Waals surface area (Å²) in [6.45, 7) is 1.33. The minimum absolute atomic E-state index is 0.0217. The second-order valence-corrected chi connectivity index (χ2v) is 2.97. The van der Waals surface area contributed by atoms with Gasteiger partial charge in [0, 0.05) is 11.8 Å². The Kier molecular flexibility index (Phi) is 3.51. The lowest BCUT2D eigenvalue weighted by molar-refractivity contribution is 0.0598. The number of rotatable bonds is 2. The summed E-state index contributed by atoms with van der Waals surface area (Å²) in [6, 6.07) is 1.66. The van der Waals surface area contributed by atoms with Crippen LogP contribution in [0.5, 0.6) is 0 Å². The first-order chi connectivity index (χ1) is 7.52. The maximum absolute atomic E-state index is 12.5. The Labute approximate surface area is 90.5 Å². The molecule has 1 heterocycles. The van der Waals surface area contributed by atoms with E-state index in [1.165, 1.54) is 6.92 Å². The van der Waals surface area contributed by atoms with E-state index < -0.39 is 12.4 Å². The first-order valence-electron chi connectivity index (χ1n) is 4.29. The molecule has 0 fully saturated rings. The van der Waals surface area contributed by atoms with Crippen LogP contribution in [0.1, 0.15) is 33.6 Å². The summed E-state index contributed by atoms with van der Waals surface area (Å²) in [5.74, 6) is -0.843. The van der Waals surface area contributed by atoms with Crippen molar-refractivity contribution in [1.29, 1.82) is 5.26 Å². The summed E-state index contributed by atoms with van der Waals surface area (Å²) in [6.07, 6.45) is -1.85. The van der Waals surface area contributed by atoms with E-state index in [0.717, 1.165) is 13.3 Å². The number of alkyl halides is 2. The third-order valence-electron chi connectivity index (χ3n) is 2.11. The quantitative estimate of drug-likeness (QED) is 0.723. The fourth-order valence-electron chi connectivity index (χ4n) is 1.27. The van der Waals surface area contributed by atoms with Crippen molar-refractivity contribution in [3.8, 4) is 6.07 Å². The van der Waals surface area contributed by atoms with Gasteiger partial charge in [-0.2, -0.15) is 5.26 Å². The van der Waals surface area contributed by atoms with E-state index in [1.54, 1.807) is 6.07 Å². The van der Waals surface area contributed by atoms with Crippen molar-refractivity contribution in [3.05, 3.63) is 28.6 Å². The maximum atomic E-state index is 12.5. The molecule has 0 aliphatic heterocycles. The van der Waals surface area contributed by atoms with Gasteiger partial charge >= 0.3 is 5.97 Å². The molecule has 0 radical (unpaired) electrons. The highest BCUT2D eigenvalue weighted by Crippen LogP contribution is 2.25. The predicted octanol–water partition coefficient (Wildman–Crippen LogP) is 1.99. The van der Waals surface area contributed by atoms with Gasteiger partial charge in [0.2, 0.25) is 0 Å². The summed E-state index contributed by atoms with van der Waals surface area (Å²) in [7, 11) is 1.11. The minimum atomic E-state index is -2.75. The molecule has 4 nitrogen and oxygen atoms in total. The Balaban J connectivity index is 3.48. The van der Waals surface area contributed by atoms with Crippen molar-refractivity contribution in [2.75, 3.05) is 7.11 Å². The Morgan fingerprint density at radius 2 is 2.25 bits per heavy atom. The molecule has 0 saturated carbocycles. The van der Waals surface area contributed by atoms with Crippen LogP contribution in [-0.4, -0.2) is 18.1 Å². The molecule has 0 aliphatic rings. The summed E-state index contributed by atoms with van der Waals surface area (Å²) in [5.41, 5.74) is -0.774. The number of halogens is 2. The molecule has 0 aliphatic carbocycles. The molecule has 0 saturated heterocycles. The average Bonchev–Trinajstić information content (AvgIpc) is 2.26. The Hall–Kier alpha value is -2.03. The first kappa shape index (κ1) is 12.0. The fraction of sp³-hybridized carbons (Fsp3) is 0.300. The summed E-state index contributed by atoms with van der Waals surface area (Å²) in [5, 5.41) is 8.71. The van der Waals surface area contributed by atoms with Gasteiger partial charge in [0.25, 0.3) is 6.43 Å². The van der Waals surface area contributed by atoms with Crippen LogP contribution in [-0.2, 0) is 4.74 Å². The smallest absolute Gasteiger partial charge is 0.341 e. The van der Waals surface area contributed by atoms with Gasteiger partial charge in [-0.15, -0.1) is 0 Å². The number of esters is 1. The zero-order valence-corrected chi connectivity index (χ0v) is 8.62. The van der Waals surface area contributed by atoms with Crippen LogP contribution in [0.3, 0.4) is 0 Å². The van der Waals surface area contributed by atoms with Crippen molar-refractivity contribution in [3.63, 3.8) is 0 Å². The largest absolute Gasteiger partial charge is 0.465 e. The molecule has 0 N–H and O–H groups in total. The molecule has 16 heavy (non-hydrogen) atoms. The predicted molar refractivity (Wildman–Crippen MR) is 50.0 cm³/mol. The number of carbonyl (C=O) groups excluding carboxylic acids is 1. The fourth-order valence-corrected chi connectivity index (χ4v) is 1.27. The molecule has 6 heteroatoms. The van der Waals surface area contributed by atoms with E-state index >= 15 is 0 Å². The number of methoxy groups -OCH3 is 1. The highest BCUT2D eigenvalue weighted by Gasteiger charge is 2.22.